The molecule has 182 valence electrons. The zero-order chi connectivity index (χ0) is 25.5. The monoisotopic (exact) mass is 491 g/mol. The summed E-state index contributed by atoms with van der Waals surface area (Å²) in [6, 6.07) is 35.9. The minimum atomic E-state index is 0.843. The number of allylic oxidation sites excluding steroid dienone is 3. The first kappa shape index (κ1) is 22.2. The molecule has 3 heteroatoms. The molecule has 38 heavy (non-hydrogen) atoms. The number of furan rings is 2. The number of hydrogen-bond donors (Lipinski definition) is 1. The number of hydrogen-bond acceptors (Lipinski definition) is 3. The largest absolute Gasteiger partial charge is 0.457 e. The van der Waals surface area contributed by atoms with Crippen molar-refractivity contribution in [2.24, 2.45) is 0 Å². The Balaban J connectivity index is 1.18. The molecule has 0 aliphatic rings. The zero-order valence-electron chi connectivity index (χ0n) is 20.9. The van der Waals surface area contributed by atoms with E-state index in [1.54, 1.807) is 0 Å². The van der Waals surface area contributed by atoms with E-state index in [1.807, 2.05) is 43.4 Å². The van der Waals surface area contributed by atoms with Crippen LogP contribution in [0.4, 0.5) is 11.4 Å². The fourth-order valence-electron chi connectivity index (χ4n) is 5.12. The van der Waals surface area contributed by atoms with Gasteiger partial charge in [-0.15, -0.1) is 0 Å². The van der Waals surface area contributed by atoms with Crippen LogP contribution in [0.15, 0.2) is 130 Å². The average Bonchev–Trinajstić information content (AvgIpc) is 3.54. The first-order chi connectivity index (χ1) is 18.7. The van der Waals surface area contributed by atoms with Crippen molar-refractivity contribution in [2.75, 3.05) is 5.32 Å². The van der Waals surface area contributed by atoms with Gasteiger partial charge in [0.25, 0.3) is 0 Å². The Morgan fingerprint density at radius 1 is 0.579 bits per heavy atom. The van der Waals surface area contributed by atoms with Crippen LogP contribution in [0.5, 0.6) is 0 Å². The van der Waals surface area contributed by atoms with Gasteiger partial charge in [0.1, 0.15) is 22.5 Å². The first-order valence-corrected chi connectivity index (χ1v) is 12.8. The summed E-state index contributed by atoms with van der Waals surface area (Å²) in [5, 5.41) is 9.35. The molecule has 0 aliphatic carbocycles. The van der Waals surface area contributed by atoms with Crippen LogP contribution in [0.25, 0.3) is 60.9 Å². The molecule has 7 rings (SSSR count). The van der Waals surface area contributed by atoms with E-state index < -0.39 is 0 Å². The lowest BCUT2D eigenvalue weighted by atomic mass is 10.00. The summed E-state index contributed by atoms with van der Waals surface area (Å²) >= 11 is 0. The average molecular weight is 492 g/mol. The predicted molar refractivity (Wildman–Crippen MR) is 160 cm³/mol. The summed E-state index contributed by atoms with van der Waals surface area (Å²) in [7, 11) is 0. The highest BCUT2D eigenvalue weighted by Crippen LogP contribution is 2.37. The number of fused-ring (bicyclic) bond motifs is 6. The molecule has 0 bridgehead atoms. The SMILES string of the molecule is C/C=C\C=C/c1cc2cc(Nc3ccc(-c4ccc5oc6ccc7ccccc7c6c5c4)cc3)ccc2o1. The number of benzene rings is 5. The van der Waals surface area contributed by atoms with Crippen molar-refractivity contribution >= 4 is 61.1 Å². The molecule has 0 aliphatic heterocycles. The first-order valence-electron chi connectivity index (χ1n) is 12.8. The van der Waals surface area contributed by atoms with Gasteiger partial charge in [-0.25, -0.2) is 0 Å². The van der Waals surface area contributed by atoms with E-state index in [-0.39, 0.29) is 0 Å². The van der Waals surface area contributed by atoms with Crippen molar-refractivity contribution in [1.82, 2.24) is 0 Å². The normalized spacial score (nSPS) is 12.1. The minimum Gasteiger partial charge on any atom is -0.457 e. The van der Waals surface area contributed by atoms with Crippen LogP contribution >= 0.6 is 0 Å². The summed E-state index contributed by atoms with van der Waals surface area (Å²) in [6.45, 7) is 1.99. The lowest BCUT2D eigenvalue weighted by molar-refractivity contribution is 0.604. The van der Waals surface area contributed by atoms with Crippen LogP contribution in [0, 0.1) is 0 Å². The van der Waals surface area contributed by atoms with Crippen LogP contribution in [-0.4, -0.2) is 0 Å². The van der Waals surface area contributed by atoms with Crippen molar-refractivity contribution in [3.63, 3.8) is 0 Å². The van der Waals surface area contributed by atoms with Crippen molar-refractivity contribution in [1.29, 1.82) is 0 Å². The highest BCUT2D eigenvalue weighted by molar-refractivity contribution is 6.19. The smallest absolute Gasteiger partial charge is 0.136 e. The second-order valence-corrected chi connectivity index (χ2v) is 9.46. The summed E-state index contributed by atoms with van der Waals surface area (Å²) in [6.07, 6.45) is 7.93. The molecule has 0 atom stereocenters. The maximum Gasteiger partial charge on any atom is 0.136 e. The molecule has 0 fully saturated rings. The molecule has 0 radical (unpaired) electrons. The fraction of sp³-hybridized carbons (Fsp3) is 0.0286. The molecule has 3 nitrogen and oxygen atoms in total. The van der Waals surface area contributed by atoms with E-state index in [0.717, 1.165) is 55.8 Å². The molecular weight excluding hydrogens is 466 g/mol. The summed E-state index contributed by atoms with van der Waals surface area (Å²) < 4.78 is 12.1. The second kappa shape index (κ2) is 9.13. The van der Waals surface area contributed by atoms with Crippen LogP contribution in [-0.2, 0) is 0 Å². The van der Waals surface area contributed by atoms with Gasteiger partial charge in [0.05, 0.1) is 0 Å². The topological polar surface area (TPSA) is 38.3 Å². The van der Waals surface area contributed by atoms with E-state index in [1.165, 1.54) is 16.2 Å². The Bertz CT molecular complexity index is 2000. The molecule has 1 N–H and O–H groups in total. The van der Waals surface area contributed by atoms with Gasteiger partial charge in [-0.05, 0) is 89.5 Å². The van der Waals surface area contributed by atoms with Crippen LogP contribution in [0.2, 0.25) is 0 Å². The summed E-state index contributed by atoms with van der Waals surface area (Å²) in [5.41, 5.74) is 7.09. The number of anilines is 2. The Hall–Kier alpha value is -5.02. The third-order valence-electron chi connectivity index (χ3n) is 6.97. The van der Waals surface area contributed by atoms with Gasteiger partial charge in [0, 0.05) is 27.5 Å². The Kier molecular flexibility index (Phi) is 5.33. The van der Waals surface area contributed by atoms with E-state index in [4.69, 9.17) is 8.83 Å². The molecule has 0 saturated carbocycles. The van der Waals surface area contributed by atoms with E-state index in [2.05, 4.69) is 96.3 Å². The standard InChI is InChI=1S/C35H25NO2/c1-2-3-4-8-29-21-26-20-28(16-19-32(26)37-29)36-27-14-10-23(11-15-27)25-13-17-33-31(22-25)35-30-9-6-5-7-24(30)12-18-34(35)38-33/h2-22,36H,1H3/b3-2-,8-4-. The van der Waals surface area contributed by atoms with Gasteiger partial charge < -0.3 is 14.2 Å². The van der Waals surface area contributed by atoms with Crippen molar-refractivity contribution in [3.8, 4) is 11.1 Å². The van der Waals surface area contributed by atoms with Gasteiger partial charge in [0.2, 0.25) is 0 Å². The van der Waals surface area contributed by atoms with Crippen molar-refractivity contribution in [3.05, 3.63) is 127 Å². The van der Waals surface area contributed by atoms with E-state index in [0.29, 0.717) is 0 Å². The molecule has 2 aromatic heterocycles. The minimum absolute atomic E-state index is 0.843. The molecular formula is C35H25NO2. The molecule has 0 amide bonds. The van der Waals surface area contributed by atoms with Gasteiger partial charge in [-0.3, -0.25) is 0 Å². The lowest BCUT2D eigenvalue weighted by Gasteiger charge is -2.08. The molecule has 7 aromatic rings. The highest BCUT2D eigenvalue weighted by atomic mass is 16.3. The maximum atomic E-state index is 6.17. The van der Waals surface area contributed by atoms with Crippen molar-refractivity contribution < 1.29 is 8.83 Å². The summed E-state index contributed by atoms with van der Waals surface area (Å²) in [5.74, 6) is 0.843. The van der Waals surface area contributed by atoms with Crippen LogP contribution < -0.4 is 5.32 Å². The van der Waals surface area contributed by atoms with Gasteiger partial charge in [-0.2, -0.15) is 0 Å². The molecule has 0 spiro atoms. The fourth-order valence-corrected chi connectivity index (χ4v) is 5.12. The predicted octanol–water partition coefficient (Wildman–Crippen LogP) is 10.5. The molecule has 5 aromatic carbocycles. The van der Waals surface area contributed by atoms with Gasteiger partial charge in [0.15, 0.2) is 0 Å². The number of nitrogens with one attached hydrogen (secondary N) is 1. The quantitative estimate of drug-likeness (QED) is 0.243. The third-order valence-corrected chi connectivity index (χ3v) is 6.97. The van der Waals surface area contributed by atoms with Gasteiger partial charge >= 0.3 is 0 Å². The maximum absolute atomic E-state index is 6.17. The Labute approximate surface area is 220 Å². The zero-order valence-corrected chi connectivity index (χ0v) is 20.9. The van der Waals surface area contributed by atoms with Gasteiger partial charge in [-0.1, -0.05) is 66.8 Å². The lowest BCUT2D eigenvalue weighted by Crippen LogP contribution is -1.89. The number of rotatable bonds is 5. The highest BCUT2D eigenvalue weighted by Gasteiger charge is 2.12. The molecule has 0 saturated heterocycles. The third kappa shape index (κ3) is 3.95. The molecule has 2 heterocycles. The van der Waals surface area contributed by atoms with E-state index >= 15 is 0 Å². The molecule has 0 unspecified atom stereocenters. The Morgan fingerprint density at radius 2 is 1.37 bits per heavy atom. The summed E-state index contributed by atoms with van der Waals surface area (Å²) in [4.78, 5) is 0. The van der Waals surface area contributed by atoms with Crippen LogP contribution in [0.3, 0.4) is 0 Å². The van der Waals surface area contributed by atoms with Crippen LogP contribution in [0.1, 0.15) is 12.7 Å². The van der Waals surface area contributed by atoms with E-state index in [9.17, 15) is 0 Å². The Morgan fingerprint density at radius 3 is 2.26 bits per heavy atom. The second-order valence-electron chi connectivity index (χ2n) is 9.46. The van der Waals surface area contributed by atoms with Crippen molar-refractivity contribution in [2.45, 2.75) is 6.92 Å².